The lowest BCUT2D eigenvalue weighted by Crippen LogP contribution is -2.38. The number of nitrogens with zero attached hydrogens (tertiary/aromatic N) is 2. The number of hydrogen-bond acceptors (Lipinski definition) is 7. The SMILES string of the molecule is Cc1cc(S(=O)(=O)C[C@H]2CCN(CCOCCNC(=O)C(F)(F)F)C2)ccc1O[C@H]1c2cc(Cl)cc(Br)c2C[C@@H]1N(C)C. The first-order valence-corrected chi connectivity index (χ1v) is 16.8. The molecule has 0 spiro atoms. The molecule has 2 aromatic carbocycles. The number of fused-ring (bicyclic) bond motifs is 1. The van der Waals surface area contributed by atoms with Gasteiger partial charge in [0.15, 0.2) is 9.84 Å². The molecule has 43 heavy (non-hydrogen) atoms. The van der Waals surface area contributed by atoms with Gasteiger partial charge in [0.1, 0.15) is 11.9 Å². The van der Waals surface area contributed by atoms with Crippen molar-refractivity contribution in [3.8, 4) is 5.75 Å². The van der Waals surface area contributed by atoms with E-state index in [1.54, 1.807) is 23.5 Å². The van der Waals surface area contributed by atoms with Gasteiger partial charge in [-0.15, -0.1) is 0 Å². The summed E-state index contributed by atoms with van der Waals surface area (Å²) in [5, 5.41) is 2.37. The predicted molar refractivity (Wildman–Crippen MR) is 161 cm³/mol. The van der Waals surface area contributed by atoms with Crippen LogP contribution in [0, 0.1) is 12.8 Å². The number of likely N-dealkylation sites (tertiary alicyclic amines) is 1. The number of alkyl halides is 3. The third kappa shape index (κ3) is 8.64. The third-order valence-corrected chi connectivity index (χ3v) is 10.7. The van der Waals surface area contributed by atoms with Crippen molar-refractivity contribution in [3.05, 3.63) is 56.5 Å². The van der Waals surface area contributed by atoms with Gasteiger partial charge in [-0.3, -0.25) is 4.79 Å². The quantitative estimate of drug-likeness (QED) is 0.317. The summed E-state index contributed by atoms with van der Waals surface area (Å²) in [6, 6.07) is 8.88. The Morgan fingerprint density at radius 2 is 1.95 bits per heavy atom. The Morgan fingerprint density at radius 1 is 1.21 bits per heavy atom. The van der Waals surface area contributed by atoms with Gasteiger partial charge >= 0.3 is 12.1 Å². The molecule has 0 saturated carbocycles. The number of likely N-dealkylation sites (N-methyl/N-ethyl adjacent to an activating group) is 1. The lowest BCUT2D eigenvalue weighted by atomic mass is 10.1. The highest BCUT2D eigenvalue weighted by Crippen LogP contribution is 2.42. The molecule has 1 aliphatic heterocycles. The minimum Gasteiger partial charge on any atom is -0.484 e. The van der Waals surface area contributed by atoms with Crippen molar-refractivity contribution >= 4 is 43.3 Å². The molecule has 1 fully saturated rings. The fourth-order valence-electron chi connectivity index (χ4n) is 5.59. The average molecular weight is 711 g/mol. The Labute approximate surface area is 263 Å². The number of rotatable bonds is 12. The summed E-state index contributed by atoms with van der Waals surface area (Å²) in [6.45, 7) is 3.64. The van der Waals surface area contributed by atoms with E-state index in [-0.39, 0.29) is 48.5 Å². The molecule has 0 radical (unpaired) electrons. The van der Waals surface area contributed by atoms with Gasteiger partial charge in [0, 0.05) is 29.1 Å². The molecule has 238 valence electrons. The minimum atomic E-state index is -4.91. The Hall–Kier alpha value is -1.90. The number of nitrogens with one attached hydrogen (secondary N) is 1. The number of sulfone groups is 1. The second kappa shape index (κ2) is 14.0. The number of ether oxygens (including phenoxy) is 2. The maximum Gasteiger partial charge on any atom is 0.471 e. The van der Waals surface area contributed by atoms with E-state index in [2.05, 4.69) is 25.7 Å². The van der Waals surface area contributed by atoms with Gasteiger partial charge in [0.2, 0.25) is 0 Å². The van der Waals surface area contributed by atoms with Gasteiger partial charge in [-0.1, -0.05) is 27.5 Å². The molecule has 2 aromatic rings. The van der Waals surface area contributed by atoms with E-state index in [4.69, 9.17) is 21.1 Å². The number of hydrogen-bond donors (Lipinski definition) is 1. The van der Waals surface area contributed by atoms with Crippen LogP contribution < -0.4 is 10.1 Å². The molecular formula is C29H36BrClF3N3O5S. The summed E-state index contributed by atoms with van der Waals surface area (Å²) in [6.07, 6.45) is -3.68. The number of aryl methyl sites for hydroxylation is 1. The number of benzene rings is 2. The second-order valence-electron chi connectivity index (χ2n) is 11.3. The first-order chi connectivity index (χ1) is 20.2. The summed E-state index contributed by atoms with van der Waals surface area (Å²) in [5.41, 5.74) is 2.89. The fraction of sp³-hybridized carbons (Fsp3) is 0.552. The first-order valence-electron chi connectivity index (χ1n) is 13.9. The average Bonchev–Trinajstić information content (AvgIpc) is 3.50. The maximum absolute atomic E-state index is 13.3. The molecule has 3 atom stereocenters. The zero-order valence-corrected chi connectivity index (χ0v) is 27.4. The highest BCUT2D eigenvalue weighted by atomic mass is 79.9. The van der Waals surface area contributed by atoms with Crippen LogP contribution in [0.4, 0.5) is 13.2 Å². The molecule has 14 heteroatoms. The van der Waals surface area contributed by atoms with Gasteiger partial charge in [0.05, 0.1) is 29.9 Å². The second-order valence-corrected chi connectivity index (χ2v) is 14.6. The molecule has 4 rings (SSSR count). The number of carbonyl (C=O) groups excluding carboxylic acids is 1. The molecule has 1 amide bonds. The van der Waals surface area contributed by atoms with Crippen LogP contribution in [-0.2, 0) is 25.8 Å². The third-order valence-electron chi connectivity index (χ3n) is 7.85. The van der Waals surface area contributed by atoms with Crippen molar-refractivity contribution < 1.29 is 35.9 Å². The Bertz CT molecular complexity index is 1430. The van der Waals surface area contributed by atoms with E-state index >= 15 is 0 Å². The molecule has 0 bridgehead atoms. The van der Waals surface area contributed by atoms with E-state index in [0.717, 1.165) is 27.6 Å². The Balaban J connectivity index is 1.30. The Kier molecular flexibility index (Phi) is 11.1. The predicted octanol–water partition coefficient (Wildman–Crippen LogP) is 4.81. The van der Waals surface area contributed by atoms with Crippen molar-refractivity contribution in [2.45, 2.75) is 43.0 Å². The van der Waals surface area contributed by atoms with Crippen molar-refractivity contribution in [2.24, 2.45) is 5.92 Å². The van der Waals surface area contributed by atoms with Gasteiger partial charge in [-0.25, -0.2) is 8.42 Å². The summed E-state index contributed by atoms with van der Waals surface area (Å²) in [5.74, 6) is -1.41. The van der Waals surface area contributed by atoms with Gasteiger partial charge in [0.25, 0.3) is 0 Å². The molecule has 0 aromatic heterocycles. The summed E-state index contributed by atoms with van der Waals surface area (Å²) < 4.78 is 76.0. The molecule has 1 heterocycles. The van der Waals surface area contributed by atoms with Crippen LogP contribution in [0.3, 0.4) is 0 Å². The molecule has 1 aliphatic carbocycles. The fourth-order valence-corrected chi connectivity index (χ4v) is 8.30. The van der Waals surface area contributed by atoms with E-state index in [0.29, 0.717) is 36.8 Å². The van der Waals surface area contributed by atoms with Crippen LogP contribution in [0.5, 0.6) is 5.75 Å². The topological polar surface area (TPSA) is 88.2 Å². The number of carbonyl (C=O) groups is 1. The molecule has 1 saturated heterocycles. The maximum atomic E-state index is 13.3. The summed E-state index contributed by atoms with van der Waals surface area (Å²) >= 11 is 9.98. The van der Waals surface area contributed by atoms with Crippen LogP contribution in [0.1, 0.15) is 29.2 Å². The number of amides is 1. The lowest BCUT2D eigenvalue weighted by molar-refractivity contribution is -0.173. The van der Waals surface area contributed by atoms with Crippen molar-refractivity contribution in [3.63, 3.8) is 0 Å². The highest BCUT2D eigenvalue weighted by Gasteiger charge is 2.39. The van der Waals surface area contributed by atoms with Gasteiger partial charge < -0.3 is 24.6 Å². The molecule has 2 aliphatic rings. The van der Waals surface area contributed by atoms with Crippen LogP contribution in [-0.4, -0.2) is 95.6 Å². The van der Waals surface area contributed by atoms with Crippen LogP contribution >= 0.6 is 27.5 Å². The van der Waals surface area contributed by atoms with Crippen molar-refractivity contribution in [1.82, 2.24) is 15.1 Å². The summed E-state index contributed by atoms with van der Waals surface area (Å²) in [7, 11) is 0.463. The number of halogens is 5. The largest absolute Gasteiger partial charge is 0.484 e. The monoisotopic (exact) mass is 709 g/mol. The van der Waals surface area contributed by atoms with E-state index in [1.165, 1.54) is 0 Å². The molecule has 1 N–H and O–H groups in total. The lowest BCUT2D eigenvalue weighted by Gasteiger charge is -2.28. The highest BCUT2D eigenvalue weighted by molar-refractivity contribution is 9.10. The van der Waals surface area contributed by atoms with Crippen LogP contribution in [0.15, 0.2) is 39.7 Å². The summed E-state index contributed by atoms with van der Waals surface area (Å²) in [4.78, 5) is 15.2. The Morgan fingerprint density at radius 3 is 2.63 bits per heavy atom. The van der Waals surface area contributed by atoms with Crippen LogP contribution in [0.25, 0.3) is 0 Å². The van der Waals surface area contributed by atoms with Crippen molar-refractivity contribution in [1.29, 1.82) is 0 Å². The van der Waals surface area contributed by atoms with E-state index in [9.17, 15) is 26.4 Å². The molecule has 8 nitrogen and oxygen atoms in total. The normalized spacial score (nSPS) is 20.9. The van der Waals surface area contributed by atoms with Crippen LogP contribution in [0.2, 0.25) is 5.02 Å². The zero-order valence-electron chi connectivity index (χ0n) is 24.2. The first kappa shape index (κ1) is 34.0. The molecule has 0 unspecified atom stereocenters. The van der Waals surface area contributed by atoms with Gasteiger partial charge in [-0.2, -0.15) is 13.2 Å². The van der Waals surface area contributed by atoms with E-state index < -0.39 is 21.9 Å². The minimum absolute atomic E-state index is 0.0126. The zero-order chi connectivity index (χ0) is 31.5. The smallest absolute Gasteiger partial charge is 0.471 e. The van der Waals surface area contributed by atoms with Gasteiger partial charge in [-0.05, 0) is 93.3 Å². The van der Waals surface area contributed by atoms with E-state index in [1.807, 2.05) is 33.2 Å². The van der Waals surface area contributed by atoms with Crippen molar-refractivity contribution in [2.75, 3.05) is 59.2 Å². The standard InChI is InChI=1S/C29H36BrClF3N3O5S/c1-18-12-21(4-5-26(18)42-27-23-13-20(31)14-24(30)22(23)15-25(27)36(2)3)43(39,40)17-19-6-8-37(16-19)9-11-41-10-7-35-28(38)29(32,33)34/h4-5,12-14,19,25,27H,6-11,15-17H2,1-3H3,(H,35,38)/t19-,25-,27-/m0/s1. The molecular weight excluding hydrogens is 675 g/mol.